The Hall–Kier alpha value is -1.35. The van der Waals surface area contributed by atoms with E-state index in [1.807, 2.05) is 0 Å². The number of hydrogen-bond donors (Lipinski definition) is 1. The molecule has 1 rings (SSSR count). The molecule has 0 unspecified atom stereocenters. The van der Waals surface area contributed by atoms with Crippen LogP contribution in [0.2, 0.25) is 0 Å². The summed E-state index contributed by atoms with van der Waals surface area (Å²) < 4.78 is 5.62. The Balaban J connectivity index is 1.93. The van der Waals surface area contributed by atoms with E-state index in [1.165, 1.54) is 25.7 Å². The van der Waals surface area contributed by atoms with Crippen molar-refractivity contribution < 1.29 is 14.6 Å². The van der Waals surface area contributed by atoms with Gasteiger partial charge < -0.3 is 9.84 Å². The third-order valence-electron chi connectivity index (χ3n) is 3.93. The number of ether oxygens (including phenoxy) is 1. The Morgan fingerprint density at radius 3 is 2.22 bits per heavy atom. The normalized spacial score (nSPS) is 20.9. The summed E-state index contributed by atoms with van der Waals surface area (Å²) in [5, 5.41) is 8.53. The fourth-order valence-electron chi connectivity index (χ4n) is 2.44. The van der Waals surface area contributed by atoms with Gasteiger partial charge >= 0.3 is 5.97 Å². The number of aliphatic carboxylic acids is 1. The van der Waals surface area contributed by atoms with Crippen molar-refractivity contribution in [2.24, 2.45) is 0 Å². The summed E-state index contributed by atoms with van der Waals surface area (Å²) in [4.78, 5) is 10.4. The molecule has 0 aromatic carbocycles. The van der Waals surface area contributed by atoms with Gasteiger partial charge in [0.1, 0.15) is 0 Å². The second-order valence-corrected chi connectivity index (χ2v) is 6.12. The van der Waals surface area contributed by atoms with Gasteiger partial charge in [0.2, 0.25) is 0 Å². The summed E-state index contributed by atoms with van der Waals surface area (Å²) in [6.07, 6.45) is 23.8. The molecule has 1 heterocycles. The molecule has 0 aromatic heterocycles. The van der Waals surface area contributed by atoms with Gasteiger partial charge in [-0.2, -0.15) is 0 Å². The summed E-state index contributed by atoms with van der Waals surface area (Å²) >= 11 is 0. The highest BCUT2D eigenvalue weighted by Gasteiger charge is 2.35. The zero-order valence-electron chi connectivity index (χ0n) is 14.5. The van der Waals surface area contributed by atoms with Crippen molar-refractivity contribution in [2.75, 3.05) is 0 Å². The van der Waals surface area contributed by atoms with Crippen LogP contribution in [0.1, 0.15) is 71.1 Å². The smallest absolute Gasteiger partial charge is 0.303 e. The molecule has 0 aliphatic carbocycles. The lowest BCUT2D eigenvalue weighted by Gasteiger charge is -1.91. The van der Waals surface area contributed by atoms with Crippen LogP contribution < -0.4 is 0 Å². The fourth-order valence-corrected chi connectivity index (χ4v) is 2.44. The average Bonchev–Trinajstić information content (AvgIpc) is 3.27. The van der Waals surface area contributed by atoms with Crippen LogP contribution in [-0.2, 0) is 9.53 Å². The summed E-state index contributed by atoms with van der Waals surface area (Å²) in [5.74, 6) is -0.716. The van der Waals surface area contributed by atoms with E-state index in [0.29, 0.717) is 12.2 Å². The van der Waals surface area contributed by atoms with Crippen LogP contribution in [0.5, 0.6) is 0 Å². The van der Waals surface area contributed by atoms with Crippen molar-refractivity contribution in [1.82, 2.24) is 0 Å². The molecule has 0 bridgehead atoms. The Kier molecular flexibility index (Phi) is 11.2. The molecule has 0 radical (unpaired) electrons. The minimum absolute atomic E-state index is 0.255. The molecule has 1 fully saturated rings. The number of carbonyl (C=O) groups is 1. The molecule has 23 heavy (non-hydrogen) atoms. The molecule has 0 spiro atoms. The van der Waals surface area contributed by atoms with Crippen molar-refractivity contribution in [1.29, 1.82) is 0 Å². The van der Waals surface area contributed by atoms with Crippen LogP contribution in [0, 0.1) is 0 Å². The van der Waals surface area contributed by atoms with Gasteiger partial charge in [-0.25, -0.2) is 0 Å². The van der Waals surface area contributed by atoms with Gasteiger partial charge in [-0.15, -0.1) is 0 Å². The Bertz CT molecular complexity index is 396. The minimum atomic E-state index is -0.716. The van der Waals surface area contributed by atoms with E-state index < -0.39 is 5.97 Å². The number of rotatable bonds is 14. The maximum Gasteiger partial charge on any atom is 0.303 e. The number of carboxylic acid groups (broad SMARTS) is 1. The summed E-state index contributed by atoms with van der Waals surface area (Å²) in [5.41, 5.74) is 0. The van der Waals surface area contributed by atoms with Crippen LogP contribution in [0.3, 0.4) is 0 Å². The van der Waals surface area contributed by atoms with Crippen molar-refractivity contribution in [2.45, 2.75) is 83.3 Å². The largest absolute Gasteiger partial charge is 0.481 e. The second kappa shape index (κ2) is 13.1. The summed E-state index contributed by atoms with van der Waals surface area (Å²) in [6.45, 7) is 2.23. The van der Waals surface area contributed by atoms with E-state index >= 15 is 0 Å². The predicted molar refractivity (Wildman–Crippen MR) is 95.6 cm³/mol. The quantitative estimate of drug-likeness (QED) is 0.264. The molecule has 1 aliphatic rings. The first-order chi connectivity index (χ1) is 11.2. The molecule has 1 saturated heterocycles. The van der Waals surface area contributed by atoms with E-state index in [9.17, 15) is 4.79 Å². The number of carboxylic acids is 1. The van der Waals surface area contributed by atoms with Gasteiger partial charge in [0.15, 0.2) is 0 Å². The molecule has 3 nitrogen and oxygen atoms in total. The van der Waals surface area contributed by atoms with E-state index in [4.69, 9.17) is 9.84 Å². The Labute approximate surface area is 141 Å². The maximum atomic E-state index is 10.4. The number of allylic oxidation sites excluding steroid dienone is 4. The van der Waals surface area contributed by atoms with Gasteiger partial charge in [-0.05, 0) is 44.9 Å². The van der Waals surface area contributed by atoms with Crippen LogP contribution >= 0.6 is 0 Å². The van der Waals surface area contributed by atoms with Gasteiger partial charge in [-0.1, -0.05) is 56.2 Å². The van der Waals surface area contributed by atoms with Crippen molar-refractivity contribution >= 4 is 5.97 Å². The Morgan fingerprint density at radius 1 is 0.913 bits per heavy atom. The summed E-state index contributed by atoms with van der Waals surface area (Å²) in [6, 6.07) is 0. The van der Waals surface area contributed by atoms with E-state index in [0.717, 1.165) is 32.1 Å². The van der Waals surface area contributed by atoms with Gasteiger partial charge in [0.05, 0.1) is 12.2 Å². The fraction of sp³-hybridized carbons (Fsp3) is 0.650. The first-order valence-electron chi connectivity index (χ1n) is 9.06. The maximum absolute atomic E-state index is 10.4. The highest BCUT2D eigenvalue weighted by atomic mass is 16.6. The van der Waals surface area contributed by atoms with E-state index in [2.05, 4.69) is 43.4 Å². The number of epoxide rings is 1. The van der Waals surface area contributed by atoms with Crippen LogP contribution in [0.4, 0.5) is 0 Å². The lowest BCUT2D eigenvalue weighted by molar-refractivity contribution is -0.137. The molecule has 0 aromatic rings. The number of unbranched alkanes of at least 4 members (excludes halogenated alkanes) is 4. The monoisotopic (exact) mass is 320 g/mol. The van der Waals surface area contributed by atoms with E-state index in [1.54, 1.807) is 0 Å². The van der Waals surface area contributed by atoms with Crippen LogP contribution in [0.25, 0.3) is 0 Å². The van der Waals surface area contributed by atoms with Gasteiger partial charge in [0.25, 0.3) is 0 Å². The topological polar surface area (TPSA) is 49.8 Å². The van der Waals surface area contributed by atoms with E-state index in [-0.39, 0.29) is 6.42 Å². The second-order valence-electron chi connectivity index (χ2n) is 6.12. The Morgan fingerprint density at radius 2 is 1.52 bits per heavy atom. The van der Waals surface area contributed by atoms with Gasteiger partial charge in [0, 0.05) is 6.42 Å². The molecule has 1 N–H and O–H groups in total. The molecule has 0 amide bonds. The van der Waals surface area contributed by atoms with Crippen molar-refractivity contribution in [3.05, 3.63) is 36.5 Å². The molecule has 0 saturated carbocycles. The number of hydrogen-bond acceptors (Lipinski definition) is 2. The third-order valence-corrected chi connectivity index (χ3v) is 3.93. The van der Waals surface area contributed by atoms with Crippen molar-refractivity contribution in [3.63, 3.8) is 0 Å². The lowest BCUT2D eigenvalue weighted by Crippen LogP contribution is -1.93. The predicted octanol–water partition coefficient (Wildman–Crippen LogP) is 5.43. The zero-order chi connectivity index (χ0) is 16.8. The zero-order valence-corrected chi connectivity index (χ0v) is 14.5. The van der Waals surface area contributed by atoms with Gasteiger partial charge in [-0.3, -0.25) is 4.79 Å². The molecular formula is C20H32O3. The lowest BCUT2D eigenvalue weighted by atomic mass is 10.1. The SMILES string of the molecule is CCCCC/C=C/C/C=C/C[C@H]1O[C@@H]1C/C=C/CCCC(=O)O. The molecule has 1 aliphatic heterocycles. The van der Waals surface area contributed by atoms with Crippen LogP contribution in [0.15, 0.2) is 36.5 Å². The van der Waals surface area contributed by atoms with Crippen LogP contribution in [-0.4, -0.2) is 23.3 Å². The minimum Gasteiger partial charge on any atom is -0.481 e. The summed E-state index contributed by atoms with van der Waals surface area (Å²) in [7, 11) is 0. The molecule has 2 atom stereocenters. The first-order valence-corrected chi connectivity index (χ1v) is 9.06. The first kappa shape index (κ1) is 19.7. The highest BCUT2D eigenvalue weighted by molar-refractivity contribution is 5.66. The molecular weight excluding hydrogens is 288 g/mol. The van der Waals surface area contributed by atoms with Crippen molar-refractivity contribution in [3.8, 4) is 0 Å². The average molecular weight is 320 g/mol. The third kappa shape index (κ3) is 11.8. The highest BCUT2D eigenvalue weighted by Crippen LogP contribution is 2.29. The molecule has 3 heteroatoms. The standard InChI is InChI=1S/C20H32O3/c1-2-3-4-5-6-7-8-9-12-15-18-19(23-18)16-13-10-11-14-17-20(21)22/h6-7,9-10,12-13,18-19H,2-5,8,11,14-17H2,1H3,(H,21,22)/b7-6+,12-9+,13-10+/t18-,19-/m1/s1. The molecule has 130 valence electrons.